The minimum absolute atomic E-state index is 0.801. The van der Waals surface area contributed by atoms with Crippen LogP contribution in [0.3, 0.4) is 0 Å². The summed E-state index contributed by atoms with van der Waals surface area (Å²) in [4.78, 5) is 14.5. The van der Waals surface area contributed by atoms with E-state index in [-0.39, 0.29) is 0 Å². The molecule has 0 saturated carbocycles. The molecule has 0 aliphatic carbocycles. The zero-order chi connectivity index (χ0) is 22.3. The van der Waals surface area contributed by atoms with E-state index >= 15 is 0 Å². The Labute approximate surface area is 200 Å². The van der Waals surface area contributed by atoms with Gasteiger partial charge in [0.2, 0.25) is 0 Å². The maximum atomic E-state index is 4.86. The molecule has 6 heteroatoms. The second-order valence-electron chi connectivity index (χ2n) is 7.28. The fourth-order valence-electron chi connectivity index (χ4n) is 3.31. The molecular formula is C24H27Br2FeN3. The number of aryl methyl sites for hydroxylation is 4. The molecule has 0 fully saturated rings. The number of benzene rings is 2. The first-order valence-electron chi connectivity index (χ1n) is 9.65. The van der Waals surface area contributed by atoms with Crippen LogP contribution >= 0.6 is 28.2 Å². The van der Waals surface area contributed by atoms with Gasteiger partial charge in [-0.25, -0.2) is 4.99 Å². The average molecular weight is 573 g/mol. The van der Waals surface area contributed by atoms with Crippen molar-refractivity contribution in [3.63, 3.8) is 0 Å². The van der Waals surface area contributed by atoms with E-state index in [4.69, 9.17) is 15.0 Å². The molecule has 30 heavy (non-hydrogen) atoms. The Morgan fingerprint density at radius 2 is 1.20 bits per heavy atom. The molecule has 2 aromatic carbocycles. The van der Waals surface area contributed by atoms with Gasteiger partial charge in [0.1, 0.15) is 0 Å². The molecule has 0 amide bonds. The van der Waals surface area contributed by atoms with Gasteiger partial charge in [0, 0.05) is 6.42 Å². The van der Waals surface area contributed by atoms with E-state index in [1.54, 1.807) is 0 Å². The summed E-state index contributed by atoms with van der Waals surface area (Å²) >= 11 is 7.00. The zero-order valence-corrected chi connectivity index (χ0v) is 22.5. The first kappa shape index (κ1) is 24.9. The molecule has 0 atom stereocenters. The van der Waals surface area contributed by atoms with Crippen LogP contribution in [0.25, 0.3) is 0 Å². The van der Waals surface area contributed by atoms with Crippen molar-refractivity contribution in [2.75, 3.05) is 0 Å². The summed E-state index contributed by atoms with van der Waals surface area (Å²) in [7, 11) is 0. The number of aliphatic imine (C=N–C) groups is 3. The quantitative estimate of drug-likeness (QED) is 0.261. The number of para-hydroxylation sites is 2. The fraction of sp³-hybridized carbons (Fsp3) is 0.292. The summed E-state index contributed by atoms with van der Waals surface area (Å²) in [6.07, 6.45) is 2.95. The zero-order valence-electron chi connectivity index (χ0n) is 18.2. The van der Waals surface area contributed by atoms with E-state index in [1.807, 2.05) is 13.8 Å². The molecule has 1 aliphatic heterocycles. The predicted molar refractivity (Wildman–Crippen MR) is 135 cm³/mol. The van der Waals surface area contributed by atoms with Crippen LogP contribution in [0.2, 0.25) is 0 Å². The summed E-state index contributed by atoms with van der Waals surface area (Å²) in [5.41, 5.74) is 10.7. The van der Waals surface area contributed by atoms with Gasteiger partial charge >= 0.3 is 39.6 Å². The third-order valence-corrected chi connectivity index (χ3v) is 4.97. The molecule has 2 aromatic rings. The summed E-state index contributed by atoms with van der Waals surface area (Å²) < 4.78 is 0. The second kappa shape index (κ2) is 11.9. The Morgan fingerprint density at radius 3 is 1.63 bits per heavy atom. The van der Waals surface area contributed by atoms with Gasteiger partial charge < -0.3 is 0 Å². The number of allylic oxidation sites excluding steroid dienone is 2. The summed E-state index contributed by atoms with van der Waals surface area (Å²) in [5.74, 6) is 0. The van der Waals surface area contributed by atoms with Crippen molar-refractivity contribution >= 4 is 56.7 Å². The Bertz CT molecular complexity index is 996. The van der Waals surface area contributed by atoms with Crippen LogP contribution in [0.15, 0.2) is 63.1 Å². The molecule has 0 spiro atoms. The Morgan fingerprint density at radius 1 is 0.800 bits per heavy atom. The van der Waals surface area contributed by atoms with Crippen molar-refractivity contribution in [1.29, 1.82) is 0 Å². The van der Waals surface area contributed by atoms with Crippen LogP contribution in [0.1, 0.15) is 42.5 Å². The van der Waals surface area contributed by atoms with Crippen molar-refractivity contribution < 1.29 is 11.3 Å². The van der Waals surface area contributed by atoms with Crippen molar-refractivity contribution in [1.82, 2.24) is 0 Å². The molecule has 0 aromatic heterocycles. The topological polar surface area (TPSA) is 37.1 Å². The van der Waals surface area contributed by atoms with Gasteiger partial charge in [-0.15, -0.1) is 0 Å². The molecule has 1 heterocycles. The maximum absolute atomic E-state index is 4.86. The van der Waals surface area contributed by atoms with Crippen LogP contribution in [0.4, 0.5) is 11.4 Å². The first-order valence-corrected chi connectivity index (χ1v) is 15.1. The number of hydrogen-bond acceptors (Lipinski definition) is 3. The molecule has 0 bridgehead atoms. The first-order chi connectivity index (χ1) is 14.3. The van der Waals surface area contributed by atoms with E-state index in [0.29, 0.717) is 0 Å². The van der Waals surface area contributed by atoms with Crippen LogP contribution in [0.5, 0.6) is 0 Å². The summed E-state index contributed by atoms with van der Waals surface area (Å²) in [6, 6.07) is 12.5. The normalized spacial score (nSPS) is 14.3. The number of nitrogens with zero attached hydrogens (tertiary/aromatic N) is 3. The van der Waals surface area contributed by atoms with Crippen molar-refractivity contribution in [3.8, 4) is 0 Å². The average Bonchev–Trinajstić information content (AvgIpc) is 3.19. The van der Waals surface area contributed by atoms with Crippen molar-refractivity contribution in [2.45, 2.75) is 48.0 Å². The van der Waals surface area contributed by atoms with Crippen LogP contribution in [-0.4, -0.2) is 17.1 Å². The monoisotopic (exact) mass is 571 g/mol. The molecule has 160 valence electrons. The van der Waals surface area contributed by atoms with Gasteiger partial charge in [-0.3, -0.25) is 9.98 Å². The summed E-state index contributed by atoms with van der Waals surface area (Å²) in [6.45, 7) is 12.5. The molecule has 0 N–H and O–H groups in total. The fourth-order valence-corrected chi connectivity index (χ4v) is 3.31. The van der Waals surface area contributed by atoms with E-state index in [2.05, 4.69) is 98.4 Å². The van der Waals surface area contributed by atoms with E-state index in [1.165, 1.54) is 22.3 Å². The third-order valence-electron chi connectivity index (χ3n) is 4.97. The molecule has 0 saturated heterocycles. The van der Waals surface area contributed by atoms with Crippen molar-refractivity contribution in [3.05, 3.63) is 70.4 Å². The Kier molecular flexibility index (Phi) is 9.89. The van der Waals surface area contributed by atoms with Gasteiger partial charge in [0.05, 0.1) is 34.2 Å². The van der Waals surface area contributed by atoms with E-state index < -0.39 is 0 Å². The standard InChI is InChI=1S/C24H27N3.2BrH.Fe/c1-15-9-7-10-16(2)23(15)25-19(5)21-13-14-22(27-21)20(6)26-24-17(3)11-8-12-18(24)4;;;/h7-13H,14H2,1-6H3;2*1H;/q;;;+2/p-2. The van der Waals surface area contributed by atoms with Gasteiger partial charge in [-0.1, -0.05) is 42.5 Å². The molecule has 0 unspecified atom stereocenters. The second-order valence-corrected chi connectivity index (χ2v) is 12.8. The Hall–Kier alpha value is -1.33. The molecule has 1 aliphatic rings. The van der Waals surface area contributed by atoms with Gasteiger partial charge in [-0.2, -0.15) is 0 Å². The molecule has 3 nitrogen and oxygen atoms in total. The molecule has 3 rings (SSSR count). The van der Waals surface area contributed by atoms with Gasteiger partial charge in [0.25, 0.3) is 0 Å². The van der Waals surface area contributed by atoms with Gasteiger partial charge in [0.15, 0.2) is 0 Å². The molecular weight excluding hydrogens is 546 g/mol. The third kappa shape index (κ3) is 6.58. The van der Waals surface area contributed by atoms with Gasteiger partial charge in [-0.05, 0) is 63.8 Å². The van der Waals surface area contributed by atoms with Crippen LogP contribution in [-0.2, 0) is 11.3 Å². The van der Waals surface area contributed by atoms with Crippen LogP contribution in [0, 0.1) is 27.7 Å². The van der Waals surface area contributed by atoms with Crippen molar-refractivity contribution in [2.24, 2.45) is 15.0 Å². The number of halogens is 2. The molecule has 0 radical (unpaired) electrons. The Balaban J connectivity index is 0.00000101. The SMILES string of the molecule is CC(=Nc1c(C)cccc1C)C1=CCC(C(C)=Nc2c(C)cccc2C)=N1.[Br][Fe][Br]. The van der Waals surface area contributed by atoms with E-state index in [0.717, 1.165) is 52.0 Å². The van der Waals surface area contributed by atoms with Crippen LogP contribution < -0.4 is 0 Å². The summed E-state index contributed by atoms with van der Waals surface area (Å²) in [5, 5.41) is 0. The number of rotatable bonds is 4. The minimum atomic E-state index is 0.801. The van der Waals surface area contributed by atoms with E-state index in [9.17, 15) is 0 Å². The number of hydrogen-bond donors (Lipinski definition) is 0. The predicted octanol–water partition coefficient (Wildman–Crippen LogP) is 8.22.